The maximum Gasteiger partial charge on any atom is 0.243 e. The van der Waals surface area contributed by atoms with Gasteiger partial charge in [0.05, 0.1) is 6.54 Å². The summed E-state index contributed by atoms with van der Waals surface area (Å²) < 4.78 is 0. The molecule has 4 fully saturated rings. The first kappa shape index (κ1) is 17.1. The maximum absolute atomic E-state index is 13.3. The van der Waals surface area contributed by atoms with Crippen molar-refractivity contribution in [3.8, 4) is 0 Å². The van der Waals surface area contributed by atoms with Crippen molar-refractivity contribution in [1.82, 2.24) is 19.7 Å². The number of aromatic nitrogens is 1. The minimum Gasteiger partial charge on any atom is -0.341 e. The molecule has 0 radical (unpaired) electrons. The molecular formula is C20H30N4OS. The van der Waals surface area contributed by atoms with Gasteiger partial charge in [0.15, 0.2) is 0 Å². The van der Waals surface area contributed by atoms with Gasteiger partial charge >= 0.3 is 0 Å². The number of likely N-dealkylation sites (tertiary alicyclic amines) is 1. The van der Waals surface area contributed by atoms with Crippen LogP contribution < -0.4 is 0 Å². The number of rotatable bonds is 4. The fourth-order valence-corrected chi connectivity index (χ4v) is 6.72. The number of carbonyl (C=O) groups is 1. The number of fused-ring (bicyclic) bond motifs is 1. The quantitative estimate of drug-likeness (QED) is 0.812. The van der Waals surface area contributed by atoms with Gasteiger partial charge in [-0.15, -0.1) is 11.3 Å². The topological polar surface area (TPSA) is 39.7 Å². The lowest BCUT2D eigenvalue weighted by Gasteiger charge is -2.40. The van der Waals surface area contributed by atoms with Gasteiger partial charge in [-0.3, -0.25) is 14.6 Å². The van der Waals surface area contributed by atoms with E-state index in [9.17, 15) is 4.79 Å². The highest BCUT2D eigenvalue weighted by atomic mass is 32.1. The van der Waals surface area contributed by atoms with Crippen molar-refractivity contribution in [1.29, 1.82) is 0 Å². The summed E-state index contributed by atoms with van der Waals surface area (Å²) in [6.45, 7) is 5.16. The maximum atomic E-state index is 13.3. The van der Waals surface area contributed by atoms with Crippen molar-refractivity contribution in [2.75, 3.05) is 33.2 Å². The van der Waals surface area contributed by atoms with Crippen LogP contribution in [0, 0.1) is 5.41 Å². The summed E-state index contributed by atoms with van der Waals surface area (Å²) in [5.41, 5.74) is 0.348. The van der Waals surface area contributed by atoms with Crippen LogP contribution in [0.4, 0.5) is 0 Å². The van der Waals surface area contributed by atoms with Gasteiger partial charge in [0.2, 0.25) is 5.91 Å². The molecule has 3 saturated heterocycles. The molecule has 5 nitrogen and oxygen atoms in total. The van der Waals surface area contributed by atoms with E-state index in [0.717, 1.165) is 45.6 Å². The lowest BCUT2D eigenvalue weighted by atomic mass is 9.88. The van der Waals surface area contributed by atoms with Gasteiger partial charge < -0.3 is 4.90 Å². The van der Waals surface area contributed by atoms with Crippen LogP contribution >= 0.6 is 11.3 Å². The first-order valence-electron chi connectivity index (χ1n) is 10.3. The number of nitrogens with zero attached hydrogens (tertiary/aromatic N) is 4. The third-order valence-electron chi connectivity index (χ3n) is 7.63. The molecule has 1 saturated carbocycles. The highest BCUT2D eigenvalue weighted by molar-refractivity contribution is 7.09. The lowest BCUT2D eigenvalue weighted by molar-refractivity contribution is -0.143. The number of hydrogen-bond acceptors (Lipinski definition) is 5. The van der Waals surface area contributed by atoms with Crippen LogP contribution in [-0.4, -0.2) is 70.4 Å². The first-order chi connectivity index (χ1) is 12.6. The van der Waals surface area contributed by atoms with E-state index < -0.39 is 0 Å². The largest absolute Gasteiger partial charge is 0.341 e. The average Bonchev–Trinajstić information content (AvgIpc) is 3.07. The van der Waals surface area contributed by atoms with Crippen LogP contribution in [0.1, 0.15) is 50.0 Å². The molecule has 0 unspecified atom stereocenters. The van der Waals surface area contributed by atoms with Crippen molar-refractivity contribution >= 4 is 17.2 Å². The number of piperidine rings is 1. The molecule has 142 valence electrons. The van der Waals surface area contributed by atoms with E-state index >= 15 is 0 Å². The number of amides is 1. The van der Waals surface area contributed by atoms with E-state index in [0.29, 0.717) is 17.4 Å². The third kappa shape index (κ3) is 2.64. The molecule has 0 N–H and O–H groups in total. The second-order valence-electron chi connectivity index (χ2n) is 8.94. The van der Waals surface area contributed by atoms with Gasteiger partial charge in [-0.25, -0.2) is 4.98 Å². The van der Waals surface area contributed by atoms with E-state index in [4.69, 9.17) is 0 Å². The molecule has 1 spiro atoms. The molecule has 6 heteroatoms. The lowest BCUT2D eigenvalue weighted by Crippen LogP contribution is -2.55. The van der Waals surface area contributed by atoms with Gasteiger partial charge in [-0.05, 0) is 70.5 Å². The Hall–Kier alpha value is -0.980. The number of thiazole rings is 1. The standard InChI is InChI=1S/C20H30N4OS/c1-22(15-17-21-8-13-26-17)16-14-19(16)6-11-23(12-7-19)18(25)20-4-2-9-24(20)10-3-5-20/h8,13,16H,2-7,9-12,14-15H2,1H3/t16-/m0/s1. The highest BCUT2D eigenvalue weighted by Crippen LogP contribution is 2.57. The Morgan fingerprint density at radius 2 is 1.96 bits per heavy atom. The minimum absolute atomic E-state index is 0.116. The Balaban J connectivity index is 1.19. The zero-order valence-electron chi connectivity index (χ0n) is 15.8. The Morgan fingerprint density at radius 1 is 1.23 bits per heavy atom. The van der Waals surface area contributed by atoms with Gasteiger partial charge in [0.1, 0.15) is 10.5 Å². The molecule has 1 amide bonds. The SMILES string of the molecule is CN(Cc1nccs1)[C@H]1CC12CCN(C(=O)C13CCCN1CCC3)CC2. The summed E-state index contributed by atoms with van der Waals surface area (Å²) in [5.74, 6) is 0.454. The second kappa shape index (κ2) is 6.28. The monoisotopic (exact) mass is 374 g/mol. The van der Waals surface area contributed by atoms with Crippen LogP contribution in [-0.2, 0) is 11.3 Å². The fraction of sp³-hybridized carbons (Fsp3) is 0.800. The molecule has 1 aliphatic carbocycles. The smallest absolute Gasteiger partial charge is 0.243 e. The summed E-state index contributed by atoms with van der Waals surface area (Å²) >= 11 is 1.75. The van der Waals surface area contributed by atoms with E-state index in [1.165, 1.54) is 37.1 Å². The Morgan fingerprint density at radius 3 is 2.62 bits per heavy atom. The van der Waals surface area contributed by atoms with Crippen molar-refractivity contribution in [2.45, 2.75) is 63.1 Å². The first-order valence-corrected chi connectivity index (χ1v) is 11.1. The zero-order valence-corrected chi connectivity index (χ0v) is 16.6. The van der Waals surface area contributed by atoms with E-state index in [1.54, 1.807) is 11.3 Å². The summed E-state index contributed by atoms with van der Waals surface area (Å²) in [4.78, 5) is 24.9. The predicted molar refractivity (Wildman–Crippen MR) is 103 cm³/mol. The molecule has 3 aliphatic heterocycles. The van der Waals surface area contributed by atoms with Gasteiger partial charge in [0.25, 0.3) is 0 Å². The number of carbonyl (C=O) groups excluding carboxylic acids is 1. The van der Waals surface area contributed by atoms with Crippen LogP contribution in [0.2, 0.25) is 0 Å². The molecule has 5 rings (SSSR count). The molecule has 0 aromatic carbocycles. The Kier molecular flexibility index (Phi) is 4.14. The number of hydrogen-bond donors (Lipinski definition) is 0. The van der Waals surface area contributed by atoms with E-state index in [2.05, 4.69) is 32.1 Å². The van der Waals surface area contributed by atoms with E-state index in [1.807, 2.05) is 6.20 Å². The molecule has 26 heavy (non-hydrogen) atoms. The van der Waals surface area contributed by atoms with Crippen LogP contribution in [0.15, 0.2) is 11.6 Å². The summed E-state index contributed by atoms with van der Waals surface area (Å²) in [5, 5.41) is 3.27. The average molecular weight is 375 g/mol. The summed E-state index contributed by atoms with van der Waals surface area (Å²) in [6, 6.07) is 0.677. The van der Waals surface area contributed by atoms with Crippen LogP contribution in [0.25, 0.3) is 0 Å². The van der Waals surface area contributed by atoms with Crippen molar-refractivity contribution < 1.29 is 4.79 Å². The zero-order chi connectivity index (χ0) is 17.8. The summed E-state index contributed by atoms with van der Waals surface area (Å²) in [6.07, 6.45) is 10.1. The summed E-state index contributed by atoms with van der Waals surface area (Å²) in [7, 11) is 2.24. The Labute approximate surface area is 160 Å². The van der Waals surface area contributed by atoms with E-state index in [-0.39, 0.29) is 5.54 Å². The molecule has 4 heterocycles. The third-order valence-corrected chi connectivity index (χ3v) is 8.40. The highest BCUT2D eigenvalue weighted by Gasteiger charge is 2.58. The Bertz CT molecular complexity index is 657. The second-order valence-corrected chi connectivity index (χ2v) is 9.92. The molecular weight excluding hydrogens is 344 g/mol. The van der Waals surface area contributed by atoms with Crippen molar-refractivity contribution in [3.63, 3.8) is 0 Å². The molecule has 1 atom stereocenters. The molecule has 1 aromatic heterocycles. The molecule has 4 aliphatic rings. The predicted octanol–water partition coefficient (Wildman–Crippen LogP) is 2.58. The fourth-order valence-electron chi connectivity index (χ4n) is 6.05. The minimum atomic E-state index is -0.116. The van der Waals surface area contributed by atoms with Gasteiger partial charge in [-0.2, -0.15) is 0 Å². The van der Waals surface area contributed by atoms with Gasteiger partial charge in [0, 0.05) is 30.7 Å². The van der Waals surface area contributed by atoms with Crippen LogP contribution in [0.5, 0.6) is 0 Å². The van der Waals surface area contributed by atoms with Gasteiger partial charge in [-0.1, -0.05) is 0 Å². The van der Waals surface area contributed by atoms with Crippen molar-refractivity contribution in [2.24, 2.45) is 5.41 Å². The van der Waals surface area contributed by atoms with Crippen LogP contribution in [0.3, 0.4) is 0 Å². The van der Waals surface area contributed by atoms with Crippen molar-refractivity contribution in [3.05, 3.63) is 16.6 Å². The molecule has 0 bridgehead atoms. The normalized spacial score (nSPS) is 29.5. The molecule has 1 aromatic rings.